The van der Waals surface area contributed by atoms with Crippen molar-refractivity contribution in [2.75, 3.05) is 26.2 Å². The van der Waals surface area contributed by atoms with E-state index in [1.54, 1.807) is 0 Å². The summed E-state index contributed by atoms with van der Waals surface area (Å²) < 4.78 is 0. The van der Waals surface area contributed by atoms with E-state index in [9.17, 15) is 0 Å². The summed E-state index contributed by atoms with van der Waals surface area (Å²) in [6, 6.07) is 0. The summed E-state index contributed by atoms with van der Waals surface area (Å²) in [4.78, 5) is 4.25. The highest BCUT2D eigenvalue weighted by molar-refractivity contribution is 5.85. The van der Waals surface area contributed by atoms with Gasteiger partial charge in [0, 0.05) is 19.6 Å². The molecule has 0 aromatic rings. The fraction of sp³-hybridized carbons (Fsp3) is 0.857. The van der Waals surface area contributed by atoms with E-state index in [2.05, 4.69) is 15.6 Å². The number of aliphatic imine (C=N–C) groups is 1. The maximum atomic E-state index is 5.34. The number of rotatable bonds is 3. The molecule has 0 unspecified atom stereocenters. The molecule has 0 fully saturated rings. The quantitative estimate of drug-likeness (QED) is 0.602. The third kappa shape index (κ3) is 6.93. The number of hydrogen-bond acceptors (Lipinski definition) is 4. The molecular formula is C7H18Cl2N4. The highest BCUT2D eigenvalue weighted by Crippen LogP contribution is 1.86. The highest BCUT2D eigenvalue weighted by Gasteiger charge is 2.00. The lowest BCUT2D eigenvalue weighted by atomic mass is 10.4. The minimum atomic E-state index is 0. The molecule has 0 aromatic heterocycles. The second-order valence-corrected chi connectivity index (χ2v) is 2.58. The van der Waals surface area contributed by atoms with E-state index in [1.165, 1.54) is 0 Å². The second-order valence-electron chi connectivity index (χ2n) is 2.58. The van der Waals surface area contributed by atoms with E-state index in [4.69, 9.17) is 5.73 Å². The van der Waals surface area contributed by atoms with Crippen molar-refractivity contribution < 1.29 is 0 Å². The van der Waals surface area contributed by atoms with Crippen molar-refractivity contribution in [3.8, 4) is 0 Å². The molecule has 80 valence electrons. The van der Waals surface area contributed by atoms with Crippen molar-refractivity contribution in [2.45, 2.75) is 12.8 Å². The molecule has 0 atom stereocenters. The van der Waals surface area contributed by atoms with Crippen molar-refractivity contribution in [3.63, 3.8) is 0 Å². The number of halogens is 2. The van der Waals surface area contributed by atoms with Gasteiger partial charge < -0.3 is 16.4 Å². The van der Waals surface area contributed by atoms with Crippen LogP contribution in [0.25, 0.3) is 0 Å². The number of nitrogens with two attached hydrogens (primary N) is 1. The molecule has 13 heavy (non-hydrogen) atoms. The van der Waals surface area contributed by atoms with Crippen molar-refractivity contribution in [2.24, 2.45) is 10.7 Å². The van der Waals surface area contributed by atoms with Gasteiger partial charge in [-0.15, -0.1) is 24.8 Å². The van der Waals surface area contributed by atoms with Crippen molar-refractivity contribution in [3.05, 3.63) is 0 Å². The van der Waals surface area contributed by atoms with Gasteiger partial charge in [-0.25, -0.2) is 0 Å². The molecule has 1 aliphatic rings. The van der Waals surface area contributed by atoms with Gasteiger partial charge in [0.05, 0.1) is 0 Å². The largest absolute Gasteiger partial charge is 0.356 e. The average Bonchev–Trinajstić information content (AvgIpc) is 2.07. The van der Waals surface area contributed by atoms with Crippen LogP contribution in [0.3, 0.4) is 0 Å². The van der Waals surface area contributed by atoms with Crippen LogP contribution in [-0.4, -0.2) is 32.1 Å². The molecule has 1 heterocycles. The summed E-state index contributed by atoms with van der Waals surface area (Å²) in [5, 5.41) is 6.36. The fourth-order valence-electron chi connectivity index (χ4n) is 0.960. The van der Waals surface area contributed by atoms with Crippen LogP contribution in [0.2, 0.25) is 0 Å². The normalized spacial score (nSPS) is 14.4. The van der Waals surface area contributed by atoms with E-state index in [-0.39, 0.29) is 24.8 Å². The van der Waals surface area contributed by atoms with Crippen molar-refractivity contribution in [1.29, 1.82) is 0 Å². The van der Waals surface area contributed by atoms with E-state index in [0.717, 1.165) is 45.0 Å². The summed E-state index contributed by atoms with van der Waals surface area (Å²) in [5.41, 5.74) is 5.34. The average molecular weight is 229 g/mol. The van der Waals surface area contributed by atoms with E-state index >= 15 is 0 Å². The van der Waals surface area contributed by atoms with E-state index in [1.807, 2.05) is 0 Å². The first kappa shape index (κ1) is 15.3. The molecule has 6 heteroatoms. The first-order chi connectivity index (χ1) is 5.43. The molecule has 0 spiro atoms. The van der Waals surface area contributed by atoms with Gasteiger partial charge in [-0.2, -0.15) is 0 Å². The standard InChI is InChI=1S/C7H16N4.2ClH/c8-3-1-4-9-7-10-5-2-6-11-7;;/h1-6,8H2,(H2,9,10,11);2*1H. The molecule has 0 aromatic carbocycles. The maximum Gasteiger partial charge on any atom is 0.191 e. The van der Waals surface area contributed by atoms with Gasteiger partial charge in [0.25, 0.3) is 0 Å². The lowest BCUT2D eigenvalue weighted by Crippen LogP contribution is -2.41. The van der Waals surface area contributed by atoms with E-state index < -0.39 is 0 Å². The van der Waals surface area contributed by atoms with Crippen LogP contribution in [0.4, 0.5) is 0 Å². The summed E-state index contributed by atoms with van der Waals surface area (Å²) >= 11 is 0. The van der Waals surface area contributed by atoms with Crippen LogP contribution in [0.1, 0.15) is 12.8 Å². The lowest BCUT2D eigenvalue weighted by molar-refractivity contribution is 0.688. The van der Waals surface area contributed by atoms with Gasteiger partial charge >= 0.3 is 0 Å². The van der Waals surface area contributed by atoms with Gasteiger partial charge in [-0.1, -0.05) is 0 Å². The Labute approximate surface area is 91.6 Å². The first-order valence-corrected chi connectivity index (χ1v) is 4.16. The molecule has 4 N–H and O–H groups in total. The molecule has 0 aliphatic carbocycles. The minimum absolute atomic E-state index is 0. The summed E-state index contributed by atoms with van der Waals surface area (Å²) in [6.45, 7) is 3.63. The van der Waals surface area contributed by atoms with Crippen LogP contribution in [0.5, 0.6) is 0 Å². The minimum Gasteiger partial charge on any atom is -0.356 e. The van der Waals surface area contributed by atoms with Gasteiger partial charge in [-0.05, 0) is 19.4 Å². The van der Waals surface area contributed by atoms with Crippen LogP contribution in [0, 0.1) is 0 Å². The van der Waals surface area contributed by atoms with Crippen molar-refractivity contribution >= 4 is 30.8 Å². The van der Waals surface area contributed by atoms with Crippen LogP contribution in [-0.2, 0) is 0 Å². The van der Waals surface area contributed by atoms with Gasteiger partial charge in [0.1, 0.15) is 0 Å². The van der Waals surface area contributed by atoms with Crippen molar-refractivity contribution in [1.82, 2.24) is 10.6 Å². The van der Waals surface area contributed by atoms with Crippen LogP contribution < -0.4 is 16.4 Å². The van der Waals surface area contributed by atoms with Gasteiger partial charge in [0.2, 0.25) is 0 Å². The monoisotopic (exact) mass is 228 g/mol. The molecular weight excluding hydrogens is 211 g/mol. The maximum absolute atomic E-state index is 5.34. The smallest absolute Gasteiger partial charge is 0.191 e. The highest BCUT2D eigenvalue weighted by atomic mass is 35.5. The Balaban J connectivity index is 0. The number of hydrogen-bond donors (Lipinski definition) is 3. The zero-order valence-electron chi connectivity index (χ0n) is 7.58. The molecule has 0 radical (unpaired) electrons. The third-order valence-electron chi connectivity index (χ3n) is 1.57. The predicted octanol–water partition coefficient (Wildman–Crippen LogP) is 0.118. The Morgan fingerprint density at radius 2 is 2.23 bits per heavy atom. The zero-order chi connectivity index (χ0) is 7.94. The summed E-state index contributed by atoms with van der Waals surface area (Å²) in [5.74, 6) is 0.935. The number of nitrogens with zero attached hydrogens (tertiary/aromatic N) is 1. The Morgan fingerprint density at radius 1 is 1.46 bits per heavy atom. The molecule has 1 aliphatic heterocycles. The fourth-order valence-corrected chi connectivity index (χ4v) is 0.960. The Hall–Kier alpha value is -0.190. The molecule has 0 bridgehead atoms. The Kier molecular flexibility index (Phi) is 11.6. The molecule has 4 nitrogen and oxygen atoms in total. The van der Waals surface area contributed by atoms with Gasteiger partial charge in [0.15, 0.2) is 5.96 Å². The SMILES string of the molecule is Cl.Cl.NCCCNC1=NCCCN1. The molecule has 0 saturated carbocycles. The van der Waals surface area contributed by atoms with Crippen LogP contribution in [0.15, 0.2) is 4.99 Å². The van der Waals surface area contributed by atoms with E-state index in [0.29, 0.717) is 0 Å². The number of nitrogens with one attached hydrogen (secondary N) is 2. The zero-order valence-corrected chi connectivity index (χ0v) is 9.22. The Bertz CT molecular complexity index is 140. The predicted molar refractivity (Wildman–Crippen MR) is 61.1 cm³/mol. The Morgan fingerprint density at radius 3 is 2.77 bits per heavy atom. The third-order valence-corrected chi connectivity index (χ3v) is 1.57. The molecule has 1 rings (SSSR count). The molecule has 0 saturated heterocycles. The van der Waals surface area contributed by atoms with Crippen LogP contribution >= 0.6 is 24.8 Å². The number of guanidine groups is 1. The lowest BCUT2D eigenvalue weighted by Gasteiger charge is -2.15. The summed E-state index contributed by atoms with van der Waals surface area (Å²) in [7, 11) is 0. The van der Waals surface area contributed by atoms with Gasteiger partial charge in [-0.3, -0.25) is 4.99 Å². The first-order valence-electron chi connectivity index (χ1n) is 4.16. The molecule has 0 amide bonds. The second kappa shape index (κ2) is 9.89. The topological polar surface area (TPSA) is 62.4 Å². The summed E-state index contributed by atoms with van der Waals surface area (Å²) in [6.07, 6.45) is 2.14.